The molecule has 1 saturated heterocycles. The molecule has 4 rings (SSSR count). The topological polar surface area (TPSA) is 23.5 Å². The molecule has 0 bridgehead atoms. The fourth-order valence-electron chi connectivity index (χ4n) is 6.47. The quantitative estimate of drug-likeness (QED) is 0.165. The number of alkyl halides is 3. The number of hydrogen-bond donors (Lipinski definition) is 1. The zero-order chi connectivity index (χ0) is 29.1. The Labute approximate surface area is 247 Å². The van der Waals surface area contributed by atoms with Crippen molar-refractivity contribution in [2.45, 2.75) is 102 Å². The van der Waals surface area contributed by atoms with Gasteiger partial charge in [0, 0.05) is 12.5 Å². The first kappa shape index (κ1) is 31.9. The van der Waals surface area contributed by atoms with Crippen LogP contribution in [0.1, 0.15) is 100 Å². The number of unbranched alkanes of at least 4 members (excludes halogenated alkanes) is 3. The number of hydrogen-bond acceptors (Lipinski definition) is 3. The molecule has 2 nitrogen and oxygen atoms in total. The van der Waals surface area contributed by atoms with Gasteiger partial charge in [-0.2, -0.15) is 24.9 Å². The number of halogens is 4. The van der Waals surface area contributed by atoms with Crippen LogP contribution in [0.25, 0.3) is 11.1 Å². The minimum absolute atomic E-state index is 0.214. The molecule has 2 aliphatic rings. The van der Waals surface area contributed by atoms with Gasteiger partial charge >= 0.3 is 6.18 Å². The summed E-state index contributed by atoms with van der Waals surface area (Å²) < 4.78 is 50.4. The van der Waals surface area contributed by atoms with Gasteiger partial charge in [-0.3, -0.25) is 0 Å². The van der Waals surface area contributed by atoms with Crippen molar-refractivity contribution < 1.29 is 22.7 Å². The number of thioether (sulfide) groups is 1. The molecule has 1 aliphatic carbocycles. The van der Waals surface area contributed by atoms with Crippen LogP contribution in [0.5, 0.6) is 5.75 Å². The Hall–Kier alpha value is -1.99. The number of phenols is 1. The van der Waals surface area contributed by atoms with Crippen LogP contribution in [0.4, 0.5) is 17.6 Å². The Kier molecular flexibility index (Phi) is 12.5. The summed E-state index contributed by atoms with van der Waals surface area (Å²) in [6.45, 7) is 2.30. The molecule has 2 aromatic rings. The molecule has 1 heterocycles. The van der Waals surface area contributed by atoms with Gasteiger partial charge in [0.1, 0.15) is 11.6 Å². The average Bonchev–Trinajstić information content (AvgIpc) is 3.30. The number of rotatable bonds is 15. The Balaban J connectivity index is 1.22. The molecule has 0 radical (unpaired) electrons. The van der Waals surface area contributed by atoms with E-state index in [2.05, 4.69) is 11.0 Å². The first-order valence-electron chi connectivity index (χ1n) is 15.5. The molecule has 2 aromatic carbocycles. The molecule has 1 fully saturated rings. The number of benzene rings is 2. The summed E-state index contributed by atoms with van der Waals surface area (Å²) in [6, 6.07) is 13.3. The van der Waals surface area contributed by atoms with Crippen LogP contribution in [0.15, 0.2) is 42.5 Å². The van der Waals surface area contributed by atoms with Crippen LogP contribution in [0.2, 0.25) is 0 Å². The molecule has 1 atom stereocenters. The SMILES string of the molecule is Oc1ccc2c(c1)CCCC(c1ccc(F)cc1)=C2CCCCCN1CCCC1CCCSCCCCC(F)(F)F. The van der Waals surface area contributed by atoms with Crippen LogP contribution in [-0.2, 0) is 6.42 Å². The molecular formula is C34H45F4NOS. The van der Waals surface area contributed by atoms with Crippen molar-refractivity contribution >= 4 is 22.9 Å². The van der Waals surface area contributed by atoms with E-state index in [9.17, 15) is 22.7 Å². The smallest absolute Gasteiger partial charge is 0.389 e. The van der Waals surface area contributed by atoms with E-state index >= 15 is 0 Å². The molecule has 0 spiro atoms. The molecule has 0 amide bonds. The van der Waals surface area contributed by atoms with Gasteiger partial charge in [0.15, 0.2) is 0 Å². The summed E-state index contributed by atoms with van der Waals surface area (Å²) >= 11 is 1.80. The second-order valence-electron chi connectivity index (χ2n) is 11.6. The van der Waals surface area contributed by atoms with Gasteiger partial charge in [-0.05, 0) is 154 Å². The summed E-state index contributed by atoms with van der Waals surface area (Å²) in [4.78, 5) is 2.65. The van der Waals surface area contributed by atoms with E-state index in [1.165, 1.54) is 54.5 Å². The van der Waals surface area contributed by atoms with Gasteiger partial charge in [-0.15, -0.1) is 0 Å². The average molecular weight is 592 g/mol. The third kappa shape index (κ3) is 10.3. The molecule has 0 aromatic heterocycles. The van der Waals surface area contributed by atoms with E-state index in [4.69, 9.17) is 0 Å². The zero-order valence-corrected chi connectivity index (χ0v) is 25.0. The van der Waals surface area contributed by atoms with Crippen molar-refractivity contribution in [3.63, 3.8) is 0 Å². The standard InChI is InChI=1S/C34H45F4NOS/c35-28-16-14-26(15-17-28)31-13-6-9-27-25-30(40)18-19-32(27)33(31)12-2-1-4-21-39-22-7-10-29(39)11-8-24-41-23-5-3-20-34(36,37)38/h14-19,25,29,40H,1-13,20-24H2. The Morgan fingerprint density at radius 1 is 0.878 bits per heavy atom. The summed E-state index contributed by atoms with van der Waals surface area (Å²) in [6.07, 6.45) is 8.37. The number of aromatic hydroxyl groups is 1. The van der Waals surface area contributed by atoms with Crippen molar-refractivity contribution in [2.75, 3.05) is 24.6 Å². The number of nitrogens with zero attached hydrogens (tertiary/aromatic N) is 1. The van der Waals surface area contributed by atoms with Crippen molar-refractivity contribution in [3.8, 4) is 5.75 Å². The maximum absolute atomic E-state index is 13.7. The van der Waals surface area contributed by atoms with Crippen LogP contribution >= 0.6 is 11.8 Å². The lowest BCUT2D eigenvalue weighted by Crippen LogP contribution is -2.30. The minimum atomic E-state index is -4.02. The van der Waals surface area contributed by atoms with Crippen LogP contribution in [-0.4, -0.2) is 46.8 Å². The molecule has 1 aliphatic heterocycles. The summed E-state index contributed by atoms with van der Waals surface area (Å²) in [5, 5.41) is 10.1. The third-order valence-electron chi connectivity index (χ3n) is 8.54. The molecule has 7 heteroatoms. The predicted molar refractivity (Wildman–Crippen MR) is 164 cm³/mol. The molecule has 226 valence electrons. The first-order valence-corrected chi connectivity index (χ1v) is 16.6. The van der Waals surface area contributed by atoms with Crippen LogP contribution < -0.4 is 0 Å². The number of allylic oxidation sites excluding steroid dienone is 2. The lowest BCUT2D eigenvalue weighted by molar-refractivity contribution is -0.135. The van der Waals surface area contributed by atoms with Gasteiger partial charge in [0.05, 0.1) is 0 Å². The van der Waals surface area contributed by atoms with E-state index in [1.807, 2.05) is 18.2 Å². The maximum Gasteiger partial charge on any atom is 0.389 e. The third-order valence-corrected chi connectivity index (χ3v) is 9.69. The summed E-state index contributed by atoms with van der Waals surface area (Å²) in [7, 11) is 0. The fourth-order valence-corrected chi connectivity index (χ4v) is 7.45. The van der Waals surface area contributed by atoms with Gasteiger partial charge < -0.3 is 10.0 Å². The van der Waals surface area contributed by atoms with E-state index < -0.39 is 12.6 Å². The zero-order valence-electron chi connectivity index (χ0n) is 24.2. The number of aryl methyl sites for hydroxylation is 1. The van der Waals surface area contributed by atoms with Crippen LogP contribution in [0.3, 0.4) is 0 Å². The highest BCUT2D eigenvalue weighted by Gasteiger charge is 2.26. The van der Waals surface area contributed by atoms with Gasteiger partial charge in [-0.25, -0.2) is 4.39 Å². The second kappa shape index (κ2) is 16.0. The molecule has 41 heavy (non-hydrogen) atoms. The second-order valence-corrected chi connectivity index (χ2v) is 12.9. The van der Waals surface area contributed by atoms with Gasteiger partial charge in [0.25, 0.3) is 0 Å². The number of likely N-dealkylation sites (tertiary alicyclic amines) is 1. The minimum Gasteiger partial charge on any atom is -0.508 e. The Morgan fingerprint density at radius 3 is 2.49 bits per heavy atom. The van der Waals surface area contributed by atoms with Crippen molar-refractivity contribution in [1.29, 1.82) is 0 Å². The summed E-state index contributed by atoms with van der Waals surface area (Å²) in [5.41, 5.74) is 6.20. The highest BCUT2D eigenvalue weighted by Crippen LogP contribution is 2.39. The van der Waals surface area contributed by atoms with E-state index in [1.54, 1.807) is 30.0 Å². The number of fused-ring (bicyclic) bond motifs is 1. The maximum atomic E-state index is 13.7. The molecule has 0 saturated carbocycles. The predicted octanol–water partition coefficient (Wildman–Crippen LogP) is 10.0. The Morgan fingerprint density at radius 2 is 1.68 bits per heavy atom. The first-order chi connectivity index (χ1) is 19.8. The lowest BCUT2D eigenvalue weighted by atomic mass is 9.89. The molecular weight excluding hydrogens is 546 g/mol. The fraction of sp³-hybridized carbons (Fsp3) is 0.588. The molecule has 1 N–H and O–H groups in total. The lowest BCUT2D eigenvalue weighted by Gasteiger charge is -2.24. The monoisotopic (exact) mass is 591 g/mol. The Bertz CT molecular complexity index is 1110. The van der Waals surface area contributed by atoms with E-state index in [0.29, 0.717) is 18.2 Å². The van der Waals surface area contributed by atoms with Crippen molar-refractivity contribution in [1.82, 2.24) is 4.90 Å². The highest BCUT2D eigenvalue weighted by molar-refractivity contribution is 7.99. The van der Waals surface area contributed by atoms with E-state index in [0.717, 1.165) is 68.6 Å². The van der Waals surface area contributed by atoms with Gasteiger partial charge in [-0.1, -0.05) is 24.6 Å². The molecule has 1 unspecified atom stereocenters. The van der Waals surface area contributed by atoms with E-state index in [-0.39, 0.29) is 12.2 Å². The van der Waals surface area contributed by atoms with Crippen molar-refractivity contribution in [3.05, 3.63) is 65.0 Å². The highest BCUT2D eigenvalue weighted by atomic mass is 32.2. The normalized spacial score (nSPS) is 18.1. The number of phenolic OH excluding ortho intramolecular Hbond substituents is 1. The van der Waals surface area contributed by atoms with Gasteiger partial charge in [0.2, 0.25) is 0 Å². The summed E-state index contributed by atoms with van der Waals surface area (Å²) in [5.74, 6) is 1.97. The van der Waals surface area contributed by atoms with Crippen LogP contribution in [0, 0.1) is 5.82 Å². The van der Waals surface area contributed by atoms with Crippen molar-refractivity contribution in [2.24, 2.45) is 0 Å². The largest absolute Gasteiger partial charge is 0.508 e.